The molecule has 0 aliphatic heterocycles. The van der Waals surface area contributed by atoms with Crippen LogP contribution in [0.15, 0.2) is 30.7 Å². The van der Waals surface area contributed by atoms with Crippen molar-refractivity contribution in [2.24, 2.45) is 0 Å². The molecule has 3 rings (SSSR count). The number of aromatic nitrogens is 3. The number of imidazole rings is 1. The number of rotatable bonds is 8. The van der Waals surface area contributed by atoms with Crippen LogP contribution in [-0.4, -0.2) is 44.2 Å². The molecule has 2 heterocycles. The molecule has 0 radical (unpaired) electrons. The molecule has 2 unspecified atom stereocenters. The molecule has 7 heteroatoms. The number of amides is 1. The van der Waals surface area contributed by atoms with Crippen LogP contribution in [0.5, 0.6) is 0 Å². The molecule has 3 N–H and O–H groups in total. The second-order valence-corrected chi connectivity index (χ2v) is 7.42. The van der Waals surface area contributed by atoms with Crippen molar-refractivity contribution >= 4 is 11.7 Å². The number of pyridine rings is 1. The lowest BCUT2D eigenvalue weighted by atomic mass is 10.2. The third-order valence-electron chi connectivity index (χ3n) is 4.96. The summed E-state index contributed by atoms with van der Waals surface area (Å²) >= 11 is 0. The second-order valence-electron chi connectivity index (χ2n) is 7.42. The molecular formula is C20H29N5O2. The zero-order valence-corrected chi connectivity index (χ0v) is 16.1. The molecule has 1 aliphatic rings. The fourth-order valence-corrected chi connectivity index (χ4v) is 3.48. The van der Waals surface area contributed by atoms with Crippen molar-refractivity contribution in [3.05, 3.63) is 42.1 Å². The molecule has 2 atom stereocenters. The maximum atomic E-state index is 12.3. The van der Waals surface area contributed by atoms with Gasteiger partial charge in [0, 0.05) is 37.6 Å². The summed E-state index contributed by atoms with van der Waals surface area (Å²) in [6.45, 7) is 5.68. The Hall–Kier alpha value is -2.41. The summed E-state index contributed by atoms with van der Waals surface area (Å²) < 4.78 is 2.14. The monoisotopic (exact) mass is 371 g/mol. The predicted octanol–water partition coefficient (Wildman–Crippen LogP) is 2.55. The second kappa shape index (κ2) is 8.99. The summed E-state index contributed by atoms with van der Waals surface area (Å²) in [6, 6.07) is 3.61. The van der Waals surface area contributed by atoms with Crippen LogP contribution in [0.3, 0.4) is 0 Å². The van der Waals surface area contributed by atoms with E-state index in [0.717, 1.165) is 38.1 Å². The highest BCUT2D eigenvalue weighted by Gasteiger charge is 2.25. The zero-order valence-electron chi connectivity index (χ0n) is 16.1. The normalized spacial score (nSPS) is 19.4. The maximum absolute atomic E-state index is 12.3. The van der Waals surface area contributed by atoms with Gasteiger partial charge in [0.2, 0.25) is 0 Å². The molecule has 0 spiro atoms. The van der Waals surface area contributed by atoms with E-state index in [0.29, 0.717) is 23.8 Å². The van der Waals surface area contributed by atoms with Gasteiger partial charge in [-0.25, -0.2) is 9.97 Å². The Bertz CT molecular complexity index is 741. The molecule has 27 heavy (non-hydrogen) atoms. The van der Waals surface area contributed by atoms with Crippen molar-refractivity contribution in [3.8, 4) is 0 Å². The summed E-state index contributed by atoms with van der Waals surface area (Å²) in [5.41, 5.74) is 0.540. The smallest absolute Gasteiger partial charge is 0.252 e. The van der Waals surface area contributed by atoms with E-state index >= 15 is 0 Å². The van der Waals surface area contributed by atoms with Gasteiger partial charge >= 0.3 is 0 Å². The number of nitrogens with one attached hydrogen (secondary N) is 2. The largest absolute Gasteiger partial charge is 0.391 e. The van der Waals surface area contributed by atoms with Gasteiger partial charge in [-0.2, -0.15) is 0 Å². The minimum atomic E-state index is -0.318. The van der Waals surface area contributed by atoms with Crippen LogP contribution in [0.1, 0.15) is 61.6 Å². The highest BCUT2D eigenvalue weighted by Crippen LogP contribution is 2.22. The third kappa shape index (κ3) is 5.07. The Labute approximate surface area is 160 Å². The van der Waals surface area contributed by atoms with Crippen LogP contribution < -0.4 is 10.6 Å². The maximum Gasteiger partial charge on any atom is 0.252 e. The van der Waals surface area contributed by atoms with E-state index in [9.17, 15) is 9.90 Å². The average Bonchev–Trinajstić information content (AvgIpc) is 3.28. The van der Waals surface area contributed by atoms with Crippen molar-refractivity contribution in [3.63, 3.8) is 0 Å². The first kappa shape index (κ1) is 19.4. The number of aliphatic hydroxyl groups is 1. The zero-order chi connectivity index (χ0) is 19.2. The van der Waals surface area contributed by atoms with Gasteiger partial charge < -0.3 is 20.3 Å². The summed E-state index contributed by atoms with van der Waals surface area (Å²) in [5.74, 6) is 2.03. The van der Waals surface area contributed by atoms with Gasteiger partial charge in [-0.05, 0) is 37.8 Å². The molecule has 0 aromatic carbocycles. The fourth-order valence-electron chi connectivity index (χ4n) is 3.48. The Morgan fingerprint density at radius 2 is 2.19 bits per heavy atom. The van der Waals surface area contributed by atoms with Gasteiger partial charge in [0.05, 0.1) is 17.7 Å². The van der Waals surface area contributed by atoms with Crippen LogP contribution in [0.2, 0.25) is 0 Å². The molecule has 146 valence electrons. The van der Waals surface area contributed by atoms with E-state index in [-0.39, 0.29) is 18.1 Å². The molecule has 1 fully saturated rings. The minimum absolute atomic E-state index is 0.0519. The van der Waals surface area contributed by atoms with Gasteiger partial charge in [-0.1, -0.05) is 13.8 Å². The van der Waals surface area contributed by atoms with E-state index in [4.69, 9.17) is 0 Å². The molecule has 0 bridgehead atoms. The van der Waals surface area contributed by atoms with Crippen molar-refractivity contribution in [1.29, 1.82) is 0 Å². The van der Waals surface area contributed by atoms with Crippen molar-refractivity contribution in [2.75, 3.05) is 11.9 Å². The summed E-state index contributed by atoms with van der Waals surface area (Å²) in [4.78, 5) is 20.9. The molecule has 1 aliphatic carbocycles. The number of carbonyl (C=O) groups excluding carboxylic acids is 1. The van der Waals surface area contributed by atoms with Gasteiger partial charge in [-0.3, -0.25) is 4.79 Å². The first-order valence-corrected chi connectivity index (χ1v) is 9.74. The third-order valence-corrected chi connectivity index (χ3v) is 4.96. The van der Waals surface area contributed by atoms with Gasteiger partial charge in [0.1, 0.15) is 11.6 Å². The first-order valence-electron chi connectivity index (χ1n) is 9.74. The quantitative estimate of drug-likeness (QED) is 0.620. The van der Waals surface area contributed by atoms with Crippen LogP contribution >= 0.6 is 0 Å². The predicted molar refractivity (Wildman–Crippen MR) is 105 cm³/mol. The lowest BCUT2D eigenvalue weighted by Crippen LogP contribution is -2.28. The number of nitrogens with zero attached hydrogens (tertiary/aromatic N) is 3. The molecule has 1 amide bonds. The number of carbonyl (C=O) groups is 1. The van der Waals surface area contributed by atoms with Crippen molar-refractivity contribution in [2.45, 2.75) is 64.1 Å². The van der Waals surface area contributed by atoms with Crippen LogP contribution in [0.25, 0.3) is 0 Å². The molecule has 7 nitrogen and oxygen atoms in total. The van der Waals surface area contributed by atoms with Crippen molar-refractivity contribution < 1.29 is 9.90 Å². The van der Waals surface area contributed by atoms with Gasteiger partial charge in [-0.15, -0.1) is 0 Å². The molecule has 0 saturated heterocycles. The van der Waals surface area contributed by atoms with Gasteiger partial charge in [0.15, 0.2) is 0 Å². The highest BCUT2D eigenvalue weighted by molar-refractivity contribution is 5.94. The lowest BCUT2D eigenvalue weighted by molar-refractivity contribution is 0.0952. The highest BCUT2D eigenvalue weighted by atomic mass is 16.3. The molecule has 2 aromatic heterocycles. The van der Waals surface area contributed by atoms with Crippen LogP contribution in [-0.2, 0) is 6.54 Å². The number of hydrogen-bond acceptors (Lipinski definition) is 5. The van der Waals surface area contributed by atoms with E-state index < -0.39 is 0 Å². The Morgan fingerprint density at radius 3 is 2.85 bits per heavy atom. The molecular weight excluding hydrogens is 342 g/mol. The number of hydrogen-bond donors (Lipinski definition) is 3. The Balaban J connectivity index is 1.43. The molecule has 1 saturated carbocycles. The van der Waals surface area contributed by atoms with E-state index in [1.165, 1.54) is 0 Å². The Kier molecular flexibility index (Phi) is 6.45. The summed E-state index contributed by atoms with van der Waals surface area (Å²) in [5, 5.41) is 16.0. The van der Waals surface area contributed by atoms with Crippen molar-refractivity contribution in [1.82, 2.24) is 19.9 Å². The number of anilines is 1. The summed E-state index contributed by atoms with van der Waals surface area (Å²) in [6.07, 6.45) is 8.70. The average molecular weight is 371 g/mol. The van der Waals surface area contributed by atoms with E-state index in [2.05, 4.69) is 39.0 Å². The van der Waals surface area contributed by atoms with Crippen LogP contribution in [0, 0.1) is 0 Å². The topological polar surface area (TPSA) is 92.1 Å². The SMILES string of the molecule is CC(C)c1nccn1CCCNC(=O)c1ccc(NC2CCCC2O)nc1. The number of aryl methyl sites for hydroxylation is 1. The van der Waals surface area contributed by atoms with Gasteiger partial charge in [0.25, 0.3) is 5.91 Å². The van der Waals surface area contributed by atoms with E-state index in [1.807, 2.05) is 12.4 Å². The van der Waals surface area contributed by atoms with Crippen LogP contribution in [0.4, 0.5) is 5.82 Å². The molecule has 2 aromatic rings. The fraction of sp³-hybridized carbons (Fsp3) is 0.550. The lowest BCUT2D eigenvalue weighted by Gasteiger charge is -2.17. The Morgan fingerprint density at radius 1 is 1.33 bits per heavy atom. The number of aliphatic hydroxyl groups excluding tert-OH is 1. The minimum Gasteiger partial charge on any atom is -0.391 e. The first-order chi connectivity index (χ1) is 13.0. The van der Waals surface area contributed by atoms with E-state index in [1.54, 1.807) is 18.3 Å². The summed E-state index contributed by atoms with van der Waals surface area (Å²) in [7, 11) is 0. The standard InChI is InChI=1S/C20H29N5O2/c1-14(2)19-21-10-12-25(19)11-4-9-22-20(27)15-7-8-18(23-13-15)24-16-5-3-6-17(16)26/h7-8,10,12-14,16-17,26H,3-6,9,11H2,1-2H3,(H,22,27)(H,23,24).